The number of anilines is 1. The summed E-state index contributed by atoms with van der Waals surface area (Å²) in [5, 5.41) is 9.79. The predicted octanol–water partition coefficient (Wildman–Crippen LogP) is 0.984. The quantitative estimate of drug-likeness (QED) is 0.881. The molecular weight excluding hydrogens is 299 g/mol. The Morgan fingerprint density at radius 2 is 2.14 bits per heavy atom. The molecule has 1 aromatic heterocycles. The number of alkyl halides is 3. The molecule has 5 nitrogen and oxygen atoms in total. The highest BCUT2D eigenvalue weighted by atomic mass is 19.4. The number of aliphatic hydroxyl groups is 1. The second kappa shape index (κ2) is 5.68. The summed E-state index contributed by atoms with van der Waals surface area (Å²) in [6.45, 7) is 2.85. The van der Waals surface area contributed by atoms with Crippen LogP contribution in [0.4, 0.5) is 18.9 Å². The second-order valence-electron chi connectivity index (χ2n) is 5.73. The van der Waals surface area contributed by atoms with Gasteiger partial charge in [-0.2, -0.15) is 13.2 Å². The minimum Gasteiger partial charge on any atom is -0.394 e. The molecule has 0 radical (unpaired) electrons. The summed E-state index contributed by atoms with van der Waals surface area (Å²) in [5.74, 6) is 0. The lowest BCUT2D eigenvalue weighted by molar-refractivity contribution is -0.137. The number of hydrogen-bond acceptors (Lipinski definition) is 5. The van der Waals surface area contributed by atoms with E-state index < -0.39 is 17.3 Å². The van der Waals surface area contributed by atoms with Crippen molar-refractivity contribution in [2.75, 3.05) is 50.9 Å². The van der Waals surface area contributed by atoms with Gasteiger partial charge in [0.25, 0.3) is 0 Å². The van der Waals surface area contributed by atoms with E-state index in [0.717, 1.165) is 6.20 Å². The number of rotatable bonds is 2. The molecule has 22 heavy (non-hydrogen) atoms. The molecule has 2 fully saturated rings. The van der Waals surface area contributed by atoms with E-state index in [4.69, 9.17) is 4.74 Å². The van der Waals surface area contributed by atoms with Crippen LogP contribution >= 0.6 is 0 Å². The van der Waals surface area contributed by atoms with Crippen LogP contribution in [-0.2, 0) is 10.9 Å². The Kier molecular flexibility index (Phi) is 4.00. The molecule has 1 atom stereocenters. The lowest BCUT2D eigenvalue weighted by atomic mass is 9.93. The molecule has 0 aromatic carbocycles. The van der Waals surface area contributed by atoms with Crippen LogP contribution in [0.25, 0.3) is 0 Å². The Morgan fingerprint density at radius 3 is 2.86 bits per heavy atom. The molecule has 3 rings (SSSR count). The van der Waals surface area contributed by atoms with E-state index in [1.807, 2.05) is 0 Å². The van der Waals surface area contributed by atoms with Gasteiger partial charge in [-0.1, -0.05) is 0 Å². The minimum atomic E-state index is -4.45. The summed E-state index contributed by atoms with van der Waals surface area (Å²) in [4.78, 5) is 7.38. The van der Waals surface area contributed by atoms with E-state index in [1.165, 1.54) is 12.3 Å². The number of aliphatic hydroxyl groups excluding tert-OH is 1. The van der Waals surface area contributed by atoms with Crippen LogP contribution in [0.2, 0.25) is 0 Å². The molecule has 0 aliphatic carbocycles. The minimum absolute atomic E-state index is 0.112. The van der Waals surface area contributed by atoms with Gasteiger partial charge >= 0.3 is 6.18 Å². The first kappa shape index (κ1) is 15.5. The lowest BCUT2D eigenvalue weighted by Crippen LogP contribution is -2.69. The van der Waals surface area contributed by atoms with Crippen molar-refractivity contribution in [3.63, 3.8) is 0 Å². The molecule has 0 amide bonds. The Labute approximate surface area is 126 Å². The van der Waals surface area contributed by atoms with Gasteiger partial charge in [0.2, 0.25) is 0 Å². The molecule has 0 spiro atoms. The zero-order chi connectivity index (χ0) is 15.8. The average molecular weight is 317 g/mol. The molecule has 2 aliphatic rings. The summed E-state index contributed by atoms with van der Waals surface area (Å²) in [6.07, 6.45) is -2.24. The molecule has 0 saturated carbocycles. The highest BCUT2D eigenvalue weighted by molar-refractivity contribution is 5.54. The number of fused-ring (bicyclic) bond motifs is 1. The maximum Gasteiger partial charge on any atom is 0.419 e. The topological polar surface area (TPSA) is 48.8 Å². The van der Waals surface area contributed by atoms with E-state index in [9.17, 15) is 18.3 Å². The lowest BCUT2D eigenvalue weighted by Gasteiger charge is -2.52. The summed E-state index contributed by atoms with van der Waals surface area (Å²) in [5.41, 5.74) is -1.27. The van der Waals surface area contributed by atoms with Gasteiger partial charge in [0.15, 0.2) is 0 Å². The molecule has 122 valence electrons. The molecule has 3 heterocycles. The smallest absolute Gasteiger partial charge is 0.394 e. The summed E-state index contributed by atoms with van der Waals surface area (Å²) < 4.78 is 44.9. The number of morpholine rings is 1. The van der Waals surface area contributed by atoms with Crippen LogP contribution in [0.5, 0.6) is 0 Å². The first-order chi connectivity index (χ1) is 10.5. The van der Waals surface area contributed by atoms with Crippen LogP contribution in [0.1, 0.15) is 5.56 Å². The van der Waals surface area contributed by atoms with Crippen LogP contribution in [0.15, 0.2) is 18.5 Å². The Morgan fingerprint density at radius 1 is 1.32 bits per heavy atom. The standard InChI is InChI=1S/C14H18F3N3O2/c15-14(16,17)11-7-18-2-1-12(11)19-3-4-20-5-6-22-10-13(20,8-19)9-21/h1-2,7,21H,3-6,8-10H2. The normalized spacial score (nSPS) is 26.8. The molecular formula is C14H18F3N3O2. The largest absolute Gasteiger partial charge is 0.419 e. The van der Waals surface area contributed by atoms with E-state index in [0.29, 0.717) is 39.4 Å². The third-order valence-electron chi connectivity index (χ3n) is 4.41. The molecule has 8 heteroatoms. The van der Waals surface area contributed by atoms with E-state index in [-0.39, 0.29) is 12.3 Å². The fourth-order valence-electron chi connectivity index (χ4n) is 3.22. The fraction of sp³-hybridized carbons (Fsp3) is 0.643. The molecule has 2 saturated heterocycles. The van der Waals surface area contributed by atoms with Crippen molar-refractivity contribution >= 4 is 5.69 Å². The van der Waals surface area contributed by atoms with Gasteiger partial charge in [0, 0.05) is 38.6 Å². The van der Waals surface area contributed by atoms with E-state index in [1.54, 1.807) is 4.90 Å². The van der Waals surface area contributed by atoms with Crippen molar-refractivity contribution in [3.05, 3.63) is 24.0 Å². The SMILES string of the molecule is OCC12COCCN1CCN(c1ccncc1C(F)(F)F)C2. The van der Waals surface area contributed by atoms with E-state index in [2.05, 4.69) is 9.88 Å². The Bertz CT molecular complexity index is 540. The Balaban J connectivity index is 1.91. The van der Waals surface area contributed by atoms with Crippen LogP contribution in [0.3, 0.4) is 0 Å². The van der Waals surface area contributed by atoms with Crippen molar-refractivity contribution < 1.29 is 23.0 Å². The van der Waals surface area contributed by atoms with Gasteiger partial charge in [0.1, 0.15) is 0 Å². The molecule has 1 aromatic rings. The summed E-state index contributed by atoms with van der Waals surface area (Å²) in [6, 6.07) is 1.38. The van der Waals surface area contributed by atoms with Gasteiger partial charge in [0.05, 0.1) is 36.6 Å². The zero-order valence-corrected chi connectivity index (χ0v) is 12.0. The molecule has 2 aliphatic heterocycles. The molecule has 0 bridgehead atoms. The van der Waals surface area contributed by atoms with E-state index >= 15 is 0 Å². The van der Waals surface area contributed by atoms with Crippen LogP contribution in [-0.4, -0.2) is 66.5 Å². The van der Waals surface area contributed by atoms with Gasteiger partial charge in [-0.15, -0.1) is 0 Å². The van der Waals surface area contributed by atoms with Gasteiger partial charge in [-0.3, -0.25) is 9.88 Å². The van der Waals surface area contributed by atoms with Crippen molar-refractivity contribution in [2.24, 2.45) is 0 Å². The number of aromatic nitrogens is 1. The predicted molar refractivity (Wildman–Crippen MR) is 73.7 cm³/mol. The zero-order valence-electron chi connectivity index (χ0n) is 12.0. The first-order valence-electron chi connectivity index (χ1n) is 7.16. The molecule has 1 unspecified atom stereocenters. The highest BCUT2D eigenvalue weighted by Crippen LogP contribution is 2.38. The van der Waals surface area contributed by atoms with Gasteiger partial charge in [-0.05, 0) is 6.07 Å². The summed E-state index contributed by atoms with van der Waals surface area (Å²) in [7, 11) is 0. The maximum atomic E-state index is 13.2. The van der Waals surface area contributed by atoms with Crippen molar-refractivity contribution in [2.45, 2.75) is 11.7 Å². The van der Waals surface area contributed by atoms with Crippen molar-refractivity contribution in [1.29, 1.82) is 0 Å². The third kappa shape index (κ3) is 2.66. The summed E-state index contributed by atoms with van der Waals surface area (Å²) >= 11 is 0. The van der Waals surface area contributed by atoms with Crippen LogP contribution < -0.4 is 4.90 Å². The first-order valence-corrected chi connectivity index (χ1v) is 7.16. The average Bonchev–Trinajstić information content (AvgIpc) is 2.53. The number of halogens is 3. The number of hydrogen-bond donors (Lipinski definition) is 1. The second-order valence-corrected chi connectivity index (χ2v) is 5.73. The third-order valence-corrected chi connectivity index (χ3v) is 4.41. The fourth-order valence-corrected chi connectivity index (χ4v) is 3.22. The maximum absolute atomic E-state index is 13.2. The van der Waals surface area contributed by atoms with Crippen molar-refractivity contribution in [3.8, 4) is 0 Å². The number of pyridine rings is 1. The number of piperazine rings is 1. The molecule has 1 N–H and O–H groups in total. The van der Waals surface area contributed by atoms with Gasteiger partial charge < -0.3 is 14.7 Å². The number of ether oxygens (including phenoxy) is 1. The van der Waals surface area contributed by atoms with Gasteiger partial charge in [-0.25, -0.2) is 0 Å². The monoisotopic (exact) mass is 317 g/mol. The number of nitrogens with zero attached hydrogens (tertiary/aromatic N) is 3. The highest BCUT2D eigenvalue weighted by Gasteiger charge is 2.45. The van der Waals surface area contributed by atoms with Crippen molar-refractivity contribution in [1.82, 2.24) is 9.88 Å². The Hall–Kier alpha value is -1.38. The van der Waals surface area contributed by atoms with Crippen LogP contribution in [0, 0.1) is 0 Å².